The minimum Gasteiger partial charge on any atom is -0.360 e. The molecule has 0 bridgehead atoms. The highest BCUT2D eigenvalue weighted by Crippen LogP contribution is 2.21. The van der Waals surface area contributed by atoms with E-state index in [0.29, 0.717) is 11.5 Å². The first-order valence-corrected chi connectivity index (χ1v) is 8.68. The highest BCUT2D eigenvalue weighted by Gasteiger charge is 2.24. The van der Waals surface area contributed by atoms with Gasteiger partial charge >= 0.3 is 0 Å². The summed E-state index contributed by atoms with van der Waals surface area (Å²) in [5.74, 6) is 0.814. The number of hydrogen-bond acceptors (Lipinski definition) is 7. The lowest BCUT2D eigenvalue weighted by Gasteiger charge is -2.03. The van der Waals surface area contributed by atoms with E-state index in [-0.39, 0.29) is 23.1 Å². The van der Waals surface area contributed by atoms with Crippen molar-refractivity contribution in [2.24, 2.45) is 0 Å². The molecule has 1 N–H and O–H groups in total. The largest absolute Gasteiger partial charge is 0.360 e. The SMILES string of the molecule is Cc1ccccc1-c1noc(CNS(=O)(=O)c2c(C)noc2C)n1. The highest BCUT2D eigenvalue weighted by molar-refractivity contribution is 7.89. The van der Waals surface area contributed by atoms with Gasteiger partial charge in [0.15, 0.2) is 5.76 Å². The third kappa shape index (κ3) is 3.08. The Labute approximate surface area is 138 Å². The van der Waals surface area contributed by atoms with Gasteiger partial charge in [-0.05, 0) is 26.3 Å². The second-order valence-corrected chi connectivity index (χ2v) is 7.01. The maximum Gasteiger partial charge on any atom is 0.246 e. The average molecular weight is 348 g/mol. The van der Waals surface area contributed by atoms with E-state index < -0.39 is 10.0 Å². The normalized spacial score (nSPS) is 11.8. The Balaban J connectivity index is 1.78. The molecule has 126 valence electrons. The van der Waals surface area contributed by atoms with Crippen LogP contribution in [0, 0.1) is 20.8 Å². The van der Waals surface area contributed by atoms with Crippen LogP contribution in [0.2, 0.25) is 0 Å². The molecule has 0 aliphatic rings. The number of aromatic nitrogens is 3. The average Bonchev–Trinajstić information content (AvgIpc) is 3.13. The van der Waals surface area contributed by atoms with Crippen molar-refractivity contribution in [3.05, 3.63) is 47.2 Å². The van der Waals surface area contributed by atoms with Gasteiger partial charge in [0, 0.05) is 5.56 Å². The smallest absolute Gasteiger partial charge is 0.246 e. The Bertz CT molecular complexity index is 956. The van der Waals surface area contributed by atoms with E-state index in [0.717, 1.165) is 11.1 Å². The number of nitrogens with zero attached hydrogens (tertiary/aromatic N) is 3. The molecular formula is C15H16N4O4S. The monoisotopic (exact) mass is 348 g/mol. The van der Waals surface area contributed by atoms with E-state index in [4.69, 9.17) is 9.05 Å². The molecule has 0 fully saturated rings. The van der Waals surface area contributed by atoms with Crippen LogP contribution in [0.3, 0.4) is 0 Å². The molecule has 3 aromatic rings. The third-order valence-electron chi connectivity index (χ3n) is 3.50. The number of hydrogen-bond donors (Lipinski definition) is 1. The van der Waals surface area contributed by atoms with E-state index in [1.807, 2.05) is 31.2 Å². The molecule has 0 atom stereocenters. The Morgan fingerprint density at radius 3 is 2.50 bits per heavy atom. The van der Waals surface area contributed by atoms with Gasteiger partial charge in [-0.25, -0.2) is 13.1 Å². The van der Waals surface area contributed by atoms with Gasteiger partial charge in [0.05, 0.1) is 6.54 Å². The van der Waals surface area contributed by atoms with Crippen molar-refractivity contribution in [2.45, 2.75) is 32.2 Å². The molecule has 0 aliphatic heterocycles. The molecule has 9 heteroatoms. The van der Waals surface area contributed by atoms with Crippen LogP contribution in [0.15, 0.2) is 38.2 Å². The standard InChI is InChI=1S/C15H16N4O4S/c1-9-6-4-5-7-12(9)15-17-13(23-19-15)8-16-24(20,21)14-10(2)18-22-11(14)3/h4-7,16H,8H2,1-3H3. The third-order valence-corrected chi connectivity index (χ3v) is 5.15. The summed E-state index contributed by atoms with van der Waals surface area (Å²) >= 11 is 0. The van der Waals surface area contributed by atoms with Crippen molar-refractivity contribution in [1.29, 1.82) is 0 Å². The zero-order valence-corrected chi connectivity index (χ0v) is 14.2. The van der Waals surface area contributed by atoms with E-state index in [9.17, 15) is 8.42 Å². The molecule has 0 saturated carbocycles. The summed E-state index contributed by atoms with van der Waals surface area (Å²) in [6.45, 7) is 4.92. The number of sulfonamides is 1. The van der Waals surface area contributed by atoms with Gasteiger partial charge < -0.3 is 9.05 Å². The number of aryl methyl sites for hydroxylation is 3. The van der Waals surface area contributed by atoms with E-state index in [2.05, 4.69) is 20.0 Å². The van der Waals surface area contributed by atoms with Crippen LogP contribution in [0.25, 0.3) is 11.4 Å². The maximum absolute atomic E-state index is 12.3. The number of nitrogens with one attached hydrogen (secondary N) is 1. The van der Waals surface area contributed by atoms with E-state index >= 15 is 0 Å². The van der Waals surface area contributed by atoms with Crippen LogP contribution in [-0.4, -0.2) is 23.7 Å². The fraction of sp³-hybridized carbons (Fsp3) is 0.267. The highest BCUT2D eigenvalue weighted by atomic mass is 32.2. The fourth-order valence-corrected chi connectivity index (χ4v) is 3.65. The molecule has 0 saturated heterocycles. The Morgan fingerprint density at radius 2 is 1.83 bits per heavy atom. The van der Waals surface area contributed by atoms with Crippen LogP contribution in [0.5, 0.6) is 0 Å². The molecule has 8 nitrogen and oxygen atoms in total. The molecule has 0 aliphatic carbocycles. The zero-order valence-electron chi connectivity index (χ0n) is 13.4. The number of rotatable bonds is 5. The van der Waals surface area contributed by atoms with E-state index in [1.165, 1.54) is 6.92 Å². The molecule has 0 radical (unpaired) electrons. The molecule has 24 heavy (non-hydrogen) atoms. The second-order valence-electron chi connectivity index (χ2n) is 5.30. The summed E-state index contributed by atoms with van der Waals surface area (Å²) in [4.78, 5) is 4.26. The quantitative estimate of drug-likeness (QED) is 0.751. The molecule has 3 rings (SSSR count). The van der Waals surface area contributed by atoms with Gasteiger partial charge in [-0.15, -0.1) is 0 Å². The molecular weight excluding hydrogens is 332 g/mol. The second kappa shape index (κ2) is 6.17. The van der Waals surface area contributed by atoms with Crippen molar-refractivity contribution in [1.82, 2.24) is 20.0 Å². The van der Waals surface area contributed by atoms with Crippen molar-refractivity contribution < 1.29 is 17.5 Å². The summed E-state index contributed by atoms with van der Waals surface area (Å²) in [6, 6.07) is 7.60. The van der Waals surface area contributed by atoms with Crippen molar-refractivity contribution in [3.8, 4) is 11.4 Å². The first kappa shape index (κ1) is 16.3. The van der Waals surface area contributed by atoms with Crippen molar-refractivity contribution in [3.63, 3.8) is 0 Å². The lowest BCUT2D eigenvalue weighted by Crippen LogP contribution is -2.24. The Morgan fingerprint density at radius 1 is 1.08 bits per heavy atom. The Hall–Kier alpha value is -2.52. The minimum atomic E-state index is -3.77. The van der Waals surface area contributed by atoms with Crippen LogP contribution < -0.4 is 4.72 Å². The zero-order chi connectivity index (χ0) is 17.3. The predicted octanol–water partition coefficient (Wildman–Crippen LogP) is 2.13. The van der Waals surface area contributed by atoms with E-state index in [1.54, 1.807) is 6.92 Å². The first-order valence-electron chi connectivity index (χ1n) is 7.19. The summed E-state index contributed by atoms with van der Waals surface area (Å²) < 4.78 is 37.1. The minimum absolute atomic E-state index is 0.0288. The summed E-state index contributed by atoms with van der Waals surface area (Å²) in [5.41, 5.74) is 2.13. The predicted molar refractivity (Wildman–Crippen MR) is 84.5 cm³/mol. The van der Waals surface area contributed by atoms with Gasteiger partial charge in [0.25, 0.3) is 0 Å². The van der Waals surface area contributed by atoms with Crippen molar-refractivity contribution >= 4 is 10.0 Å². The first-order chi connectivity index (χ1) is 11.4. The lowest BCUT2D eigenvalue weighted by molar-refractivity contribution is 0.375. The fourth-order valence-electron chi connectivity index (χ4n) is 2.35. The molecule has 0 unspecified atom stereocenters. The molecule has 0 amide bonds. The van der Waals surface area contributed by atoms with Gasteiger partial charge in [0.2, 0.25) is 21.7 Å². The van der Waals surface area contributed by atoms with Crippen LogP contribution >= 0.6 is 0 Å². The maximum atomic E-state index is 12.3. The molecule has 2 heterocycles. The van der Waals surface area contributed by atoms with Crippen LogP contribution in [0.1, 0.15) is 22.9 Å². The van der Waals surface area contributed by atoms with Crippen molar-refractivity contribution in [2.75, 3.05) is 0 Å². The Kier molecular flexibility index (Phi) is 4.20. The van der Waals surface area contributed by atoms with Gasteiger partial charge in [-0.2, -0.15) is 4.98 Å². The van der Waals surface area contributed by atoms with Crippen LogP contribution in [0.4, 0.5) is 0 Å². The lowest BCUT2D eigenvalue weighted by atomic mass is 10.1. The molecule has 0 spiro atoms. The van der Waals surface area contributed by atoms with Crippen LogP contribution in [-0.2, 0) is 16.6 Å². The molecule has 2 aromatic heterocycles. The molecule has 1 aromatic carbocycles. The van der Waals surface area contributed by atoms with Gasteiger partial charge in [-0.3, -0.25) is 0 Å². The summed E-state index contributed by atoms with van der Waals surface area (Å²) in [6.07, 6.45) is 0. The van der Waals surface area contributed by atoms with Gasteiger partial charge in [0.1, 0.15) is 10.6 Å². The number of benzene rings is 1. The summed E-state index contributed by atoms with van der Waals surface area (Å²) in [5, 5.41) is 7.54. The summed E-state index contributed by atoms with van der Waals surface area (Å²) in [7, 11) is -3.77. The van der Waals surface area contributed by atoms with Gasteiger partial charge in [-0.1, -0.05) is 34.6 Å². The topological polar surface area (TPSA) is 111 Å².